The van der Waals surface area contributed by atoms with E-state index in [4.69, 9.17) is 15.0 Å². The molecule has 0 fully saturated rings. The maximum Gasteiger partial charge on any atom is 0.164 e. The molecule has 3 heterocycles. The Kier molecular flexibility index (Phi) is 8.79. The Morgan fingerprint density at radius 3 is 1.93 bits per heavy atom. The van der Waals surface area contributed by atoms with E-state index < -0.39 is 0 Å². The fraction of sp³-hybridized carbons (Fsp3) is 0. The van der Waals surface area contributed by atoms with Gasteiger partial charge in [0.05, 0.1) is 11.0 Å². The molecule has 9 rings (SSSR count). The first-order chi connectivity index (χ1) is 27.1. The van der Waals surface area contributed by atoms with Crippen LogP contribution >= 0.6 is 0 Å². The van der Waals surface area contributed by atoms with Gasteiger partial charge in [0.1, 0.15) is 0 Å². The highest BCUT2D eigenvalue weighted by molar-refractivity contribution is 6.15. The summed E-state index contributed by atoms with van der Waals surface area (Å²) in [6, 6.07) is 54.7. The summed E-state index contributed by atoms with van der Waals surface area (Å²) in [6.45, 7) is 8.05. The van der Waals surface area contributed by atoms with Crippen LogP contribution in [0.1, 0.15) is 5.56 Å². The van der Waals surface area contributed by atoms with Crippen molar-refractivity contribution in [1.82, 2.24) is 24.5 Å². The van der Waals surface area contributed by atoms with Crippen LogP contribution in [0, 0.1) is 0 Å². The lowest BCUT2D eigenvalue weighted by molar-refractivity contribution is 1.07. The molecule has 0 bridgehead atoms. The molecular formula is C50H35N5. The smallest absolute Gasteiger partial charge is 0.164 e. The maximum atomic E-state index is 5.08. The zero-order valence-corrected chi connectivity index (χ0v) is 30.0. The predicted molar refractivity (Wildman–Crippen MR) is 228 cm³/mol. The van der Waals surface area contributed by atoms with Crippen molar-refractivity contribution >= 4 is 27.4 Å². The Bertz CT molecular complexity index is 2890. The van der Waals surface area contributed by atoms with Crippen molar-refractivity contribution in [1.29, 1.82) is 0 Å². The molecule has 0 radical (unpaired) electrons. The van der Waals surface area contributed by atoms with E-state index >= 15 is 0 Å². The minimum absolute atomic E-state index is 0.580. The van der Waals surface area contributed by atoms with E-state index in [1.54, 1.807) is 12.3 Å². The van der Waals surface area contributed by atoms with E-state index in [9.17, 15) is 0 Å². The summed E-state index contributed by atoms with van der Waals surface area (Å²) in [6.07, 6.45) is 9.22. The summed E-state index contributed by atoms with van der Waals surface area (Å²) in [5.74, 6) is 1.76. The molecule has 0 saturated carbocycles. The van der Waals surface area contributed by atoms with Gasteiger partial charge in [0.15, 0.2) is 17.5 Å². The molecule has 3 aromatic heterocycles. The molecule has 0 saturated heterocycles. The quantitative estimate of drug-likeness (QED) is 0.140. The molecule has 0 N–H and O–H groups in total. The third-order valence-electron chi connectivity index (χ3n) is 9.84. The van der Waals surface area contributed by atoms with Crippen molar-refractivity contribution < 1.29 is 0 Å². The van der Waals surface area contributed by atoms with Gasteiger partial charge in [0.25, 0.3) is 0 Å². The fourth-order valence-electron chi connectivity index (χ4n) is 7.19. The first-order valence-electron chi connectivity index (χ1n) is 18.2. The molecule has 5 nitrogen and oxygen atoms in total. The normalized spacial score (nSPS) is 11.3. The molecule has 0 aliphatic carbocycles. The zero-order chi connectivity index (χ0) is 37.1. The number of nitrogens with zero attached hydrogens (tertiary/aromatic N) is 5. The highest BCUT2D eigenvalue weighted by Crippen LogP contribution is 2.39. The van der Waals surface area contributed by atoms with E-state index in [1.165, 1.54) is 27.4 Å². The average Bonchev–Trinajstić information content (AvgIpc) is 3.61. The van der Waals surface area contributed by atoms with Gasteiger partial charge >= 0.3 is 0 Å². The minimum atomic E-state index is 0.580. The van der Waals surface area contributed by atoms with Crippen LogP contribution in [0.4, 0.5) is 0 Å². The lowest BCUT2D eigenvalue weighted by atomic mass is 9.98. The standard InChI is InChI=1S/C50H35N5/c1-3-4-14-34(2)37-15-10-17-39(31-37)49-52-48(53-50(54-49)40-18-11-16-38(32-40)41-19-13-30-51-33-41)36-28-26-35(27-29-36)43-23-12-25-46-47(43)44-22-8-9-24-45(44)55(46)42-20-6-5-7-21-42/h3-33H,1-2H2/b14-4-. The van der Waals surface area contributed by atoms with E-state index in [-0.39, 0.29) is 0 Å². The second-order valence-corrected chi connectivity index (χ2v) is 13.3. The van der Waals surface area contributed by atoms with Gasteiger partial charge < -0.3 is 4.57 Å². The van der Waals surface area contributed by atoms with E-state index in [0.717, 1.165) is 50.2 Å². The average molecular weight is 706 g/mol. The van der Waals surface area contributed by atoms with Crippen LogP contribution in [0.25, 0.3) is 89.5 Å². The third kappa shape index (κ3) is 6.45. The number of rotatable bonds is 9. The fourth-order valence-corrected chi connectivity index (χ4v) is 7.19. The summed E-state index contributed by atoms with van der Waals surface area (Å²) in [4.78, 5) is 19.5. The molecule has 0 aliphatic rings. The van der Waals surface area contributed by atoms with Gasteiger partial charge in [-0.1, -0.05) is 147 Å². The van der Waals surface area contributed by atoms with Gasteiger partial charge in [0, 0.05) is 51.1 Å². The number of fused-ring (bicyclic) bond motifs is 3. The summed E-state index contributed by atoms with van der Waals surface area (Å²) >= 11 is 0. The number of para-hydroxylation sites is 2. The molecular weight excluding hydrogens is 671 g/mol. The largest absolute Gasteiger partial charge is 0.309 e. The van der Waals surface area contributed by atoms with Gasteiger partial charge in [-0.2, -0.15) is 0 Å². The molecule has 5 heteroatoms. The summed E-state index contributed by atoms with van der Waals surface area (Å²) in [5.41, 5.74) is 12.3. The Morgan fingerprint density at radius 1 is 0.527 bits per heavy atom. The molecule has 55 heavy (non-hydrogen) atoms. The van der Waals surface area contributed by atoms with Gasteiger partial charge in [-0.25, -0.2) is 15.0 Å². The van der Waals surface area contributed by atoms with E-state index in [1.807, 2.05) is 54.7 Å². The molecule has 0 aliphatic heterocycles. The highest BCUT2D eigenvalue weighted by Gasteiger charge is 2.17. The Labute approximate surface area is 320 Å². The van der Waals surface area contributed by atoms with Gasteiger partial charge in [-0.15, -0.1) is 0 Å². The molecule has 0 spiro atoms. The monoisotopic (exact) mass is 705 g/mol. The van der Waals surface area contributed by atoms with Gasteiger partial charge in [-0.05, 0) is 70.3 Å². The number of pyridine rings is 1. The SMILES string of the molecule is C=C/C=C\C(=C)c1cccc(-c2nc(-c3ccc(-c4cccc5c4c4ccccc4n5-c4ccccc4)cc3)nc(-c3cccc(-c4cccnc4)c3)n2)c1. The number of hydrogen-bond donors (Lipinski definition) is 0. The molecule has 9 aromatic rings. The van der Waals surface area contributed by atoms with Crippen molar-refractivity contribution in [2.24, 2.45) is 0 Å². The van der Waals surface area contributed by atoms with Crippen LogP contribution in [0.3, 0.4) is 0 Å². The maximum absolute atomic E-state index is 5.08. The lowest BCUT2D eigenvalue weighted by Crippen LogP contribution is -2.00. The number of hydrogen-bond acceptors (Lipinski definition) is 4. The van der Waals surface area contributed by atoms with Crippen LogP contribution in [0.15, 0.2) is 202 Å². The Balaban J connectivity index is 1.16. The third-order valence-corrected chi connectivity index (χ3v) is 9.84. The Hall–Kier alpha value is -7.50. The number of allylic oxidation sites excluding steroid dienone is 4. The first kappa shape index (κ1) is 33.3. The number of benzene rings is 6. The highest BCUT2D eigenvalue weighted by atomic mass is 15.0. The summed E-state index contributed by atoms with van der Waals surface area (Å²) in [7, 11) is 0. The van der Waals surface area contributed by atoms with Crippen LogP contribution in [0.5, 0.6) is 0 Å². The predicted octanol–water partition coefficient (Wildman–Crippen LogP) is 12.5. The lowest BCUT2D eigenvalue weighted by Gasteiger charge is -2.11. The van der Waals surface area contributed by atoms with Gasteiger partial charge in [-0.3, -0.25) is 4.98 Å². The second kappa shape index (κ2) is 14.5. The van der Waals surface area contributed by atoms with Crippen LogP contribution in [-0.4, -0.2) is 24.5 Å². The molecule has 260 valence electrons. The van der Waals surface area contributed by atoms with Crippen molar-refractivity contribution in [2.45, 2.75) is 0 Å². The van der Waals surface area contributed by atoms with Gasteiger partial charge in [0.2, 0.25) is 0 Å². The van der Waals surface area contributed by atoms with Crippen LogP contribution < -0.4 is 0 Å². The number of aromatic nitrogens is 5. The summed E-state index contributed by atoms with van der Waals surface area (Å²) in [5, 5.41) is 2.43. The molecule has 6 aromatic carbocycles. The van der Waals surface area contributed by atoms with Crippen molar-refractivity contribution in [3.8, 4) is 62.1 Å². The zero-order valence-electron chi connectivity index (χ0n) is 30.0. The van der Waals surface area contributed by atoms with E-state index in [0.29, 0.717) is 17.5 Å². The van der Waals surface area contributed by atoms with Crippen LogP contribution in [0.2, 0.25) is 0 Å². The molecule has 0 amide bonds. The van der Waals surface area contributed by atoms with Crippen molar-refractivity contribution in [3.63, 3.8) is 0 Å². The van der Waals surface area contributed by atoms with Crippen molar-refractivity contribution in [2.75, 3.05) is 0 Å². The van der Waals surface area contributed by atoms with Crippen LogP contribution in [-0.2, 0) is 0 Å². The topological polar surface area (TPSA) is 56.5 Å². The second-order valence-electron chi connectivity index (χ2n) is 13.3. The molecule has 0 atom stereocenters. The summed E-state index contributed by atoms with van der Waals surface area (Å²) < 4.78 is 2.35. The van der Waals surface area contributed by atoms with Crippen molar-refractivity contribution in [3.05, 3.63) is 207 Å². The minimum Gasteiger partial charge on any atom is -0.309 e. The van der Waals surface area contributed by atoms with E-state index in [2.05, 4.69) is 144 Å². The molecule has 0 unspecified atom stereocenters. The first-order valence-corrected chi connectivity index (χ1v) is 18.2. The Morgan fingerprint density at radius 2 is 1.16 bits per heavy atom.